The topological polar surface area (TPSA) is 63.3 Å². The molecule has 3 heterocycles. The lowest BCUT2D eigenvalue weighted by molar-refractivity contribution is 0.0651. The third-order valence-corrected chi connectivity index (χ3v) is 4.94. The van der Waals surface area contributed by atoms with Crippen molar-refractivity contribution < 1.29 is 13.6 Å². The summed E-state index contributed by atoms with van der Waals surface area (Å²) in [6, 6.07) is 17.1. The van der Waals surface area contributed by atoms with Gasteiger partial charge < -0.3 is 14.6 Å². The maximum Gasteiger partial charge on any atom is 0.258 e. The second-order valence-corrected chi connectivity index (χ2v) is 6.80. The number of nitrogens with one attached hydrogen (secondary N) is 1. The van der Waals surface area contributed by atoms with Crippen LogP contribution in [0.4, 0.5) is 10.1 Å². The molecule has 1 amide bonds. The van der Waals surface area contributed by atoms with Gasteiger partial charge in [0.05, 0.1) is 30.3 Å². The van der Waals surface area contributed by atoms with Crippen LogP contribution in [-0.2, 0) is 6.54 Å². The summed E-state index contributed by atoms with van der Waals surface area (Å²) in [5, 5.41) is 7.83. The highest BCUT2D eigenvalue weighted by Crippen LogP contribution is 2.34. The van der Waals surface area contributed by atoms with E-state index in [-0.39, 0.29) is 11.7 Å². The lowest BCUT2D eigenvalue weighted by Gasteiger charge is -2.37. The minimum atomic E-state index is -0.420. The molecule has 6 nitrogen and oxygen atoms in total. The number of carbonyl (C=O) groups is 1. The number of para-hydroxylation sites is 1. The lowest BCUT2D eigenvalue weighted by Crippen LogP contribution is -2.42. The van der Waals surface area contributed by atoms with E-state index < -0.39 is 6.17 Å². The maximum absolute atomic E-state index is 13.2. The Morgan fingerprint density at radius 2 is 1.90 bits per heavy atom. The number of carbonyl (C=O) groups excluding carboxylic acids is 1. The average Bonchev–Trinajstić information content (AvgIpc) is 3.43. The van der Waals surface area contributed by atoms with Crippen LogP contribution in [-0.4, -0.2) is 20.6 Å². The van der Waals surface area contributed by atoms with Crippen LogP contribution in [0.1, 0.15) is 27.8 Å². The van der Waals surface area contributed by atoms with Crippen LogP contribution in [0.5, 0.6) is 0 Å². The molecular formula is C22H17FN4O2. The van der Waals surface area contributed by atoms with E-state index in [1.165, 1.54) is 12.1 Å². The zero-order valence-electron chi connectivity index (χ0n) is 15.3. The first kappa shape index (κ1) is 17.2. The van der Waals surface area contributed by atoms with Crippen LogP contribution in [0.2, 0.25) is 0 Å². The molecule has 0 bridgehead atoms. The molecule has 1 atom stereocenters. The number of nitrogens with zero attached hydrogens (tertiary/aromatic N) is 3. The van der Waals surface area contributed by atoms with Crippen molar-refractivity contribution in [1.82, 2.24) is 14.7 Å². The molecule has 29 heavy (non-hydrogen) atoms. The van der Waals surface area contributed by atoms with E-state index in [0.717, 1.165) is 16.9 Å². The van der Waals surface area contributed by atoms with Gasteiger partial charge in [-0.25, -0.2) is 9.07 Å². The normalized spacial score (nSPS) is 15.8. The van der Waals surface area contributed by atoms with E-state index in [1.807, 2.05) is 30.5 Å². The summed E-state index contributed by atoms with van der Waals surface area (Å²) in [5.74, 6) is 0.299. The molecule has 7 heteroatoms. The van der Waals surface area contributed by atoms with Gasteiger partial charge >= 0.3 is 0 Å². The SMILES string of the molecule is O=C1c2ccccc2NC(c2cnn(-c3ccc(F)cc3)c2)N1Cc1ccco1. The minimum Gasteiger partial charge on any atom is -0.467 e. The largest absolute Gasteiger partial charge is 0.467 e. The predicted octanol–water partition coefficient (Wildman–Crippen LogP) is 4.37. The quantitative estimate of drug-likeness (QED) is 0.564. The third kappa shape index (κ3) is 3.16. The number of rotatable bonds is 4. The lowest BCUT2D eigenvalue weighted by atomic mass is 10.1. The molecule has 2 aromatic carbocycles. The summed E-state index contributed by atoms with van der Waals surface area (Å²) in [5.41, 5.74) is 2.93. The van der Waals surface area contributed by atoms with Crippen molar-refractivity contribution >= 4 is 11.6 Å². The maximum atomic E-state index is 13.2. The first-order valence-corrected chi connectivity index (χ1v) is 9.18. The number of hydrogen-bond acceptors (Lipinski definition) is 4. The van der Waals surface area contributed by atoms with Gasteiger partial charge in [-0.1, -0.05) is 12.1 Å². The molecule has 4 aromatic rings. The van der Waals surface area contributed by atoms with Crippen molar-refractivity contribution in [1.29, 1.82) is 0 Å². The Morgan fingerprint density at radius 1 is 1.07 bits per heavy atom. The number of aromatic nitrogens is 2. The summed E-state index contributed by atoms with van der Waals surface area (Å²) in [4.78, 5) is 14.9. The summed E-state index contributed by atoms with van der Waals surface area (Å²) < 4.78 is 20.3. The van der Waals surface area contributed by atoms with E-state index >= 15 is 0 Å². The highest BCUT2D eigenvalue weighted by atomic mass is 19.1. The Kier molecular flexibility index (Phi) is 4.13. The van der Waals surface area contributed by atoms with Crippen LogP contribution in [0, 0.1) is 5.82 Å². The van der Waals surface area contributed by atoms with E-state index in [4.69, 9.17) is 4.42 Å². The zero-order valence-corrected chi connectivity index (χ0v) is 15.3. The molecule has 0 aliphatic carbocycles. The molecule has 0 spiro atoms. The Balaban J connectivity index is 1.52. The van der Waals surface area contributed by atoms with Crippen molar-refractivity contribution in [3.05, 3.63) is 102 Å². The molecule has 1 unspecified atom stereocenters. The zero-order chi connectivity index (χ0) is 19.8. The van der Waals surface area contributed by atoms with Gasteiger partial charge in [0.25, 0.3) is 5.91 Å². The monoisotopic (exact) mass is 388 g/mol. The molecule has 2 aromatic heterocycles. The van der Waals surface area contributed by atoms with E-state index in [0.29, 0.717) is 17.9 Å². The minimum absolute atomic E-state index is 0.0877. The highest BCUT2D eigenvalue weighted by Gasteiger charge is 2.34. The third-order valence-electron chi connectivity index (χ3n) is 4.94. The number of furan rings is 1. The Hall–Kier alpha value is -3.87. The number of fused-ring (bicyclic) bond motifs is 1. The van der Waals surface area contributed by atoms with Crippen molar-refractivity contribution in [2.45, 2.75) is 12.7 Å². The van der Waals surface area contributed by atoms with Crippen molar-refractivity contribution in [2.75, 3.05) is 5.32 Å². The Bertz CT molecular complexity index is 1150. The van der Waals surface area contributed by atoms with Gasteiger partial charge in [-0.3, -0.25) is 4.79 Å². The standard InChI is InChI=1S/C22H17FN4O2/c23-16-7-9-17(10-8-16)27-13-15(12-24-27)21-25-20-6-2-1-5-19(20)22(28)26(21)14-18-4-3-11-29-18/h1-13,21,25H,14H2. The van der Waals surface area contributed by atoms with Crippen LogP contribution < -0.4 is 5.32 Å². The summed E-state index contributed by atoms with van der Waals surface area (Å²) in [7, 11) is 0. The van der Waals surface area contributed by atoms with Crippen molar-refractivity contribution in [2.24, 2.45) is 0 Å². The van der Waals surface area contributed by atoms with Crippen LogP contribution >= 0.6 is 0 Å². The van der Waals surface area contributed by atoms with Gasteiger partial charge in [0.15, 0.2) is 0 Å². The average molecular weight is 388 g/mol. The number of benzene rings is 2. The van der Waals surface area contributed by atoms with Crippen LogP contribution in [0.3, 0.4) is 0 Å². The second kappa shape index (κ2) is 6.94. The van der Waals surface area contributed by atoms with Crippen molar-refractivity contribution in [3.63, 3.8) is 0 Å². The van der Waals surface area contributed by atoms with Gasteiger partial charge in [-0.15, -0.1) is 0 Å². The first-order valence-electron chi connectivity index (χ1n) is 9.18. The summed E-state index contributed by atoms with van der Waals surface area (Å²) in [6.07, 6.45) is 4.71. The van der Waals surface area contributed by atoms with E-state index in [9.17, 15) is 9.18 Å². The van der Waals surface area contributed by atoms with Gasteiger partial charge in [-0.2, -0.15) is 5.10 Å². The molecular weight excluding hydrogens is 371 g/mol. The molecule has 1 aliphatic heterocycles. The number of amides is 1. The first-order chi connectivity index (χ1) is 14.2. The molecule has 1 aliphatic rings. The second-order valence-electron chi connectivity index (χ2n) is 6.80. The molecule has 144 valence electrons. The fraction of sp³-hybridized carbons (Fsp3) is 0.0909. The fourth-order valence-electron chi connectivity index (χ4n) is 3.50. The molecule has 5 rings (SSSR count). The van der Waals surface area contributed by atoms with Gasteiger partial charge in [-0.05, 0) is 48.5 Å². The molecule has 0 saturated carbocycles. The molecule has 0 saturated heterocycles. The van der Waals surface area contributed by atoms with Crippen molar-refractivity contribution in [3.8, 4) is 5.69 Å². The van der Waals surface area contributed by atoms with Crippen LogP contribution in [0.15, 0.2) is 83.7 Å². The van der Waals surface area contributed by atoms with Gasteiger partial charge in [0.1, 0.15) is 17.7 Å². The number of hydrogen-bond donors (Lipinski definition) is 1. The van der Waals surface area contributed by atoms with Gasteiger partial charge in [0, 0.05) is 17.4 Å². The molecule has 0 fully saturated rings. The summed E-state index contributed by atoms with van der Waals surface area (Å²) in [6.45, 7) is 0.319. The fourth-order valence-corrected chi connectivity index (χ4v) is 3.50. The van der Waals surface area contributed by atoms with Crippen LogP contribution in [0.25, 0.3) is 5.69 Å². The number of anilines is 1. The van der Waals surface area contributed by atoms with E-state index in [1.54, 1.807) is 46.3 Å². The molecule has 0 radical (unpaired) electrons. The Labute approximate surface area is 166 Å². The molecule has 1 N–H and O–H groups in total. The highest BCUT2D eigenvalue weighted by molar-refractivity contribution is 6.01. The number of halogens is 1. The smallest absolute Gasteiger partial charge is 0.258 e. The van der Waals surface area contributed by atoms with Gasteiger partial charge in [0.2, 0.25) is 0 Å². The summed E-state index contributed by atoms with van der Waals surface area (Å²) >= 11 is 0. The van der Waals surface area contributed by atoms with E-state index in [2.05, 4.69) is 10.4 Å². The Morgan fingerprint density at radius 3 is 2.69 bits per heavy atom. The predicted molar refractivity (Wildman–Crippen MR) is 105 cm³/mol.